The molecule has 2 fully saturated rings. The van der Waals surface area contributed by atoms with E-state index in [1.54, 1.807) is 0 Å². The quantitative estimate of drug-likeness (QED) is 0.806. The van der Waals surface area contributed by atoms with Crippen LogP contribution in [0.4, 0.5) is 0 Å². The normalized spacial score (nSPS) is 24.6. The van der Waals surface area contributed by atoms with Gasteiger partial charge < -0.3 is 9.80 Å². The lowest BCUT2D eigenvalue weighted by Gasteiger charge is -2.37. The number of amides is 1. The van der Waals surface area contributed by atoms with E-state index in [4.69, 9.17) is 0 Å². The molecule has 0 bridgehead atoms. The average Bonchev–Trinajstić information content (AvgIpc) is 2.86. The Bertz CT molecular complexity index is 524. The fourth-order valence-corrected chi connectivity index (χ4v) is 4.48. The molecular weight excluding hydrogens is 356 g/mol. The lowest BCUT2D eigenvalue weighted by Crippen LogP contribution is -2.42. The van der Waals surface area contributed by atoms with Gasteiger partial charge in [0.05, 0.1) is 12.2 Å². The van der Waals surface area contributed by atoms with Gasteiger partial charge in [0.15, 0.2) is 0 Å². The Morgan fingerprint density at radius 1 is 1.17 bits per heavy atom. The fourth-order valence-electron chi connectivity index (χ4n) is 3.98. The van der Waals surface area contributed by atoms with Crippen molar-refractivity contribution in [2.75, 3.05) is 26.2 Å². The molecule has 0 aromatic carbocycles. The number of likely N-dealkylation sites (tertiary alicyclic amines) is 2. The third-order valence-electron chi connectivity index (χ3n) is 5.34. The summed E-state index contributed by atoms with van der Waals surface area (Å²) in [7, 11) is 0. The second-order valence-corrected chi connectivity index (χ2v) is 7.50. The molecule has 0 spiro atoms. The van der Waals surface area contributed by atoms with E-state index >= 15 is 0 Å². The van der Waals surface area contributed by atoms with Crippen LogP contribution in [0.3, 0.4) is 0 Å². The van der Waals surface area contributed by atoms with Crippen molar-refractivity contribution < 1.29 is 4.79 Å². The zero-order valence-corrected chi connectivity index (χ0v) is 15.5. The Balaban J connectivity index is 1.52. The van der Waals surface area contributed by atoms with E-state index in [0.717, 1.165) is 56.5 Å². The van der Waals surface area contributed by atoms with Crippen LogP contribution in [0.25, 0.3) is 0 Å². The molecule has 2 aliphatic heterocycles. The van der Waals surface area contributed by atoms with Gasteiger partial charge in [0.2, 0.25) is 5.91 Å². The first kappa shape index (κ1) is 17.0. The van der Waals surface area contributed by atoms with Crippen molar-refractivity contribution >= 4 is 21.8 Å². The molecule has 1 aromatic heterocycles. The molecule has 1 amide bonds. The van der Waals surface area contributed by atoms with Gasteiger partial charge in [0, 0.05) is 38.6 Å². The summed E-state index contributed by atoms with van der Waals surface area (Å²) < 4.78 is 3.20. The highest BCUT2D eigenvalue weighted by Crippen LogP contribution is 2.28. The standard InChI is InChI=1S/C17H27BrN4O/c1-2-17(23)21-10-3-4-14(6-13-21)20-11-7-15(8-12-20)22-16(18)5-9-19-22/h5,9,14-15H,2-4,6-8,10-13H2,1H3. The minimum absolute atomic E-state index is 0.313. The maximum Gasteiger partial charge on any atom is 0.222 e. The summed E-state index contributed by atoms with van der Waals surface area (Å²) in [5.74, 6) is 0.313. The molecule has 0 radical (unpaired) electrons. The van der Waals surface area contributed by atoms with E-state index in [1.165, 1.54) is 6.42 Å². The number of halogens is 1. The Kier molecular flexibility index (Phi) is 5.75. The van der Waals surface area contributed by atoms with Crippen LogP contribution in [0.2, 0.25) is 0 Å². The number of hydrogen-bond acceptors (Lipinski definition) is 3. The second-order valence-electron chi connectivity index (χ2n) is 6.68. The molecule has 0 N–H and O–H groups in total. The minimum atomic E-state index is 0.313. The summed E-state index contributed by atoms with van der Waals surface area (Å²) >= 11 is 3.58. The van der Waals surface area contributed by atoms with Crippen LogP contribution in [-0.4, -0.2) is 57.7 Å². The number of aromatic nitrogens is 2. The molecule has 1 aromatic rings. The van der Waals surface area contributed by atoms with E-state index in [9.17, 15) is 4.79 Å². The van der Waals surface area contributed by atoms with Crippen molar-refractivity contribution in [3.05, 3.63) is 16.9 Å². The smallest absolute Gasteiger partial charge is 0.222 e. The summed E-state index contributed by atoms with van der Waals surface area (Å²) in [4.78, 5) is 16.6. The zero-order valence-electron chi connectivity index (χ0n) is 14.0. The Morgan fingerprint density at radius 2 is 1.91 bits per heavy atom. The molecular formula is C17H27BrN4O. The van der Waals surface area contributed by atoms with Gasteiger partial charge in [0.25, 0.3) is 0 Å². The summed E-state index contributed by atoms with van der Waals surface area (Å²) in [5.41, 5.74) is 0. The van der Waals surface area contributed by atoms with E-state index in [0.29, 0.717) is 24.4 Å². The predicted octanol–water partition coefficient (Wildman–Crippen LogP) is 3.07. The lowest BCUT2D eigenvalue weighted by atomic mass is 10.00. The summed E-state index contributed by atoms with van der Waals surface area (Å²) in [5, 5.41) is 4.44. The van der Waals surface area contributed by atoms with Crippen molar-refractivity contribution in [1.29, 1.82) is 0 Å². The number of rotatable bonds is 3. The van der Waals surface area contributed by atoms with E-state index in [-0.39, 0.29) is 0 Å². The maximum absolute atomic E-state index is 11.9. The van der Waals surface area contributed by atoms with E-state index < -0.39 is 0 Å². The van der Waals surface area contributed by atoms with Crippen LogP contribution in [0.1, 0.15) is 51.5 Å². The van der Waals surface area contributed by atoms with Crippen molar-refractivity contribution in [3.63, 3.8) is 0 Å². The minimum Gasteiger partial charge on any atom is -0.343 e. The highest BCUT2D eigenvalue weighted by Gasteiger charge is 2.28. The van der Waals surface area contributed by atoms with Crippen LogP contribution in [-0.2, 0) is 4.79 Å². The third-order valence-corrected chi connectivity index (χ3v) is 5.96. The largest absolute Gasteiger partial charge is 0.343 e. The van der Waals surface area contributed by atoms with Crippen LogP contribution < -0.4 is 0 Å². The van der Waals surface area contributed by atoms with Crippen molar-refractivity contribution in [2.24, 2.45) is 0 Å². The van der Waals surface area contributed by atoms with Crippen molar-refractivity contribution in [3.8, 4) is 0 Å². The molecule has 2 saturated heterocycles. The molecule has 128 valence electrons. The SMILES string of the molecule is CCC(=O)N1CCCC(N2CCC(n3nccc3Br)CC2)CC1. The van der Waals surface area contributed by atoms with Gasteiger partial charge in [-0.25, -0.2) is 0 Å². The van der Waals surface area contributed by atoms with Gasteiger partial charge in [-0.05, 0) is 54.1 Å². The summed E-state index contributed by atoms with van der Waals surface area (Å²) in [6, 6.07) is 3.17. The van der Waals surface area contributed by atoms with Gasteiger partial charge in [-0.1, -0.05) is 6.92 Å². The first-order valence-electron chi connectivity index (χ1n) is 8.90. The van der Waals surface area contributed by atoms with Crippen molar-refractivity contribution in [2.45, 2.75) is 57.5 Å². The molecule has 1 unspecified atom stereocenters. The second kappa shape index (κ2) is 7.79. The van der Waals surface area contributed by atoms with E-state index in [1.807, 2.05) is 19.2 Å². The monoisotopic (exact) mass is 382 g/mol. The molecule has 3 heterocycles. The number of nitrogens with zero attached hydrogens (tertiary/aromatic N) is 4. The topological polar surface area (TPSA) is 41.4 Å². The van der Waals surface area contributed by atoms with Gasteiger partial charge in [-0.3, -0.25) is 9.48 Å². The highest BCUT2D eigenvalue weighted by atomic mass is 79.9. The zero-order chi connectivity index (χ0) is 16.2. The van der Waals surface area contributed by atoms with E-state index in [2.05, 4.69) is 35.5 Å². The molecule has 6 heteroatoms. The number of hydrogen-bond donors (Lipinski definition) is 0. The molecule has 5 nitrogen and oxygen atoms in total. The van der Waals surface area contributed by atoms with Gasteiger partial charge >= 0.3 is 0 Å². The first-order valence-corrected chi connectivity index (χ1v) is 9.69. The Morgan fingerprint density at radius 3 is 2.57 bits per heavy atom. The van der Waals surface area contributed by atoms with Crippen LogP contribution in [0.15, 0.2) is 16.9 Å². The predicted molar refractivity (Wildman–Crippen MR) is 94.3 cm³/mol. The first-order chi connectivity index (χ1) is 11.2. The third kappa shape index (κ3) is 3.97. The van der Waals surface area contributed by atoms with Crippen LogP contribution in [0.5, 0.6) is 0 Å². The lowest BCUT2D eigenvalue weighted by molar-refractivity contribution is -0.130. The highest BCUT2D eigenvalue weighted by molar-refractivity contribution is 9.10. The maximum atomic E-state index is 11.9. The fraction of sp³-hybridized carbons (Fsp3) is 0.765. The molecule has 0 saturated carbocycles. The van der Waals surface area contributed by atoms with Crippen LogP contribution in [0, 0.1) is 0 Å². The molecule has 2 aliphatic rings. The van der Waals surface area contributed by atoms with Crippen molar-refractivity contribution in [1.82, 2.24) is 19.6 Å². The molecule has 1 atom stereocenters. The summed E-state index contributed by atoms with van der Waals surface area (Å²) in [6.07, 6.45) is 8.31. The summed E-state index contributed by atoms with van der Waals surface area (Å²) in [6.45, 7) is 6.12. The van der Waals surface area contributed by atoms with Crippen LogP contribution >= 0.6 is 15.9 Å². The number of carbonyl (C=O) groups excluding carboxylic acids is 1. The van der Waals surface area contributed by atoms with Gasteiger partial charge in [0.1, 0.15) is 4.60 Å². The molecule has 23 heavy (non-hydrogen) atoms. The Hall–Kier alpha value is -0.880. The van der Waals surface area contributed by atoms with Gasteiger partial charge in [-0.2, -0.15) is 5.10 Å². The average molecular weight is 383 g/mol. The number of piperidine rings is 1. The number of carbonyl (C=O) groups is 1. The molecule has 3 rings (SSSR count). The van der Waals surface area contributed by atoms with Gasteiger partial charge in [-0.15, -0.1) is 0 Å². The molecule has 0 aliphatic carbocycles. The Labute approximate surface area is 147 Å².